The van der Waals surface area contributed by atoms with Gasteiger partial charge in [-0.3, -0.25) is 9.78 Å². The van der Waals surface area contributed by atoms with Crippen LogP contribution < -0.4 is 4.89 Å². The number of unbranched alkanes of at least 4 members (excludes halogenated alkanes) is 5. The molecular formula is C18H23BrN2O3. The molecule has 5 nitrogen and oxygen atoms in total. The average Bonchev–Trinajstić information content (AvgIpc) is 2.56. The average molecular weight is 395 g/mol. The zero-order valence-corrected chi connectivity index (χ0v) is 15.8. The van der Waals surface area contributed by atoms with Crippen LogP contribution in [0.5, 0.6) is 5.75 Å². The number of carbonyl (C=O) groups excluding carboxylic acids is 1. The summed E-state index contributed by atoms with van der Waals surface area (Å²) in [6.45, 7) is 4.08. The third kappa shape index (κ3) is 5.44. The molecule has 0 saturated heterocycles. The fourth-order valence-corrected chi connectivity index (χ4v) is 2.91. The molecule has 2 aromatic rings. The van der Waals surface area contributed by atoms with Crippen LogP contribution in [0.15, 0.2) is 22.9 Å². The zero-order valence-electron chi connectivity index (χ0n) is 14.2. The van der Waals surface area contributed by atoms with Crippen LogP contribution in [0.2, 0.25) is 0 Å². The van der Waals surface area contributed by atoms with Gasteiger partial charge in [-0.15, -0.1) is 0 Å². The summed E-state index contributed by atoms with van der Waals surface area (Å²) in [6.07, 6.45) is 8.57. The van der Waals surface area contributed by atoms with Crippen LogP contribution in [0.4, 0.5) is 0 Å². The van der Waals surface area contributed by atoms with E-state index in [2.05, 4.69) is 32.8 Å². The summed E-state index contributed by atoms with van der Waals surface area (Å²) < 4.78 is 0.815. The first kappa shape index (κ1) is 18.6. The lowest BCUT2D eigenvalue weighted by atomic mass is 10.1. The minimum Gasteiger partial charge on any atom is -0.285 e. The zero-order chi connectivity index (χ0) is 17.4. The standard InChI is InChI=1S/C18H23BrN2O3/c1-3-4-5-6-7-8-9-17(22)24-23-16-11-14(19)10-15-13(2)20-12-21-18(15)16/h10-12H,3-9H2,1-2H3. The van der Waals surface area contributed by atoms with E-state index in [0.717, 1.165) is 34.8 Å². The first-order chi connectivity index (χ1) is 11.6. The molecule has 0 atom stereocenters. The van der Waals surface area contributed by atoms with Gasteiger partial charge in [0.25, 0.3) is 0 Å². The third-order valence-electron chi connectivity index (χ3n) is 3.83. The summed E-state index contributed by atoms with van der Waals surface area (Å²) in [6, 6.07) is 3.64. The van der Waals surface area contributed by atoms with E-state index in [0.29, 0.717) is 17.7 Å². The van der Waals surface area contributed by atoms with Gasteiger partial charge in [0, 0.05) is 21.6 Å². The fraction of sp³-hybridized carbons (Fsp3) is 0.500. The van der Waals surface area contributed by atoms with Gasteiger partial charge >= 0.3 is 5.97 Å². The van der Waals surface area contributed by atoms with Crippen molar-refractivity contribution in [1.29, 1.82) is 0 Å². The summed E-state index contributed by atoms with van der Waals surface area (Å²) in [7, 11) is 0. The van der Waals surface area contributed by atoms with E-state index in [4.69, 9.17) is 9.78 Å². The van der Waals surface area contributed by atoms with Crippen molar-refractivity contribution in [2.75, 3.05) is 0 Å². The predicted molar refractivity (Wildman–Crippen MR) is 96.7 cm³/mol. The topological polar surface area (TPSA) is 61.3 Å². The van der Waals surface area contributed by atoms with Crippen LogP contribution in [0.25, 0.3) is 10.9 Å². The Morgan fingerprint density at radius 1 is 1.12 bits per heavy atom. The molecular weight excluding hydrogens is 372 g/mol. The Labute approximate surface area is 150 Å². The minimum absolute atomic E-state index is 0.357. The number of benzene rings is 1. The fourth-order valence-electron chi connectivity index (χ4n) is 2.47. The second-order valence-electron chi connectivity index (χ2n) is 5.82. The molecule has 0 N–H and O–H groups in total. The van der Waals surface area contributed by atoms with Crippen LogP contribution in [0, 0.1) is 6.92 Å². The monoisotopic (exact) mass is 394 g/mol. The van der Waals surface area contributed by atoms with Crippen LogP contribution >= 0.6 is 15.9 Å². The van der Waals surface area contributed by atoms with E-state index >= 15 is 0 Å². The number of carbonyl (C=O) groups is 1. The maximum absolute atomic E-state index is 11.8. The van der Waals surface area contributed by atoms with Crippen LogP contribution in [0.1, 0.15) is 57.6 Å². The Hall–Kier alpha value is -1.69. The number of halogens is 1. The van der Waals surface area contributed by atoms with Crippen molar-refractivity contribution >= 4 is 32.8 Å². The van der Waals surface area contributed by atoms with Crippen molar-refractivity contribution in [3.63, 3.8) is 0 Å². The normalized spacial score (nSPS) is 10.8. The highest BCUT2D eigenvalue weighted by atomic mass is 79.9. The highest BCUT2D eigenvalue weighted by Crippen LogP contribution is 2.29. The molecule has 0 bridgehead atoms. The maximum Gasteiger partial charge on any atom is 0.355 e. The van der Waals surface area contributed by atoms with Crippen molar-refractivity contribution in [2.24, 2.45) is 0 Å². The summed E-state index contributed by atoms with van der Waals surface area (Å²) in [5, 5.41) is 0.855. The number of rotatable bonds is 9. The highest BCUT2D eigenvalue weighted by Gasteiger charge is 2.12. The molecule has 130 valence electrons. The molecule has 2 rings (SSSR count). The van der Waals surface area contributed by atoms with E-state index in [-0.39, 0.29) is 5.97 Å². The molecule has 0 aliphatic rings. The Kier molecular flexibility index (Phi) is 7.43. The molecule has 0 aliphatic heterocycles. The van der Waals surface area contributed by atoms with Gasteiger partial charge in [0.15, 0.2) is 0 Å². The Bertz CT molecular complexity index is 691. The van der Waals surface area contributed by atoms with Crippen molar-refractivity contribution < 1.29 is 14.6 Å². The number of nitrogens with zero attached hydrogens (tertiary/aromatic N) is 2. The Morgan fingerprint density at radius 3 is 2.67 bits per heavy atom. The van der Waals surface area contributed by atoms with Gasteiger partial charge in [-0.25, -0.2) is 14.8 Å². The number of aryl methyl sites for hydroxylation is 1. The third-order valence-corrected chi connectivity index (χ3v) is 4.28. The second-order valence-corrected chi connectivity index (χ2v) is 6.73. The number of aromatic nitrogens is 2. The van der Waals surface area contributed by atoms with Gasteiger partial charge in [-0.2, -0.15) is 0 Å². The first-order valence-electron chi connectivity index (χ1n) is 8.40. The van der Waals surface area contributed by atoms with Gasteiger partial charge < -0.3 is 0 Å². The Balaban J connectivity index is 1.87. The summed E-state index contributed by atoms with van der Waals surface area (Å²) in [5.74, 6) is 0.0468. The number of hydrogen-bond donors (Lipinski definition) is 0. The van der Waals surface area contributed by atoms with Crippen LogP contribution in [-0.4, -0.2) is 15.9 Å². The molecule has 1 aromatic carbocycles. The molecule has 0 aliphatic carbocycles. The van der Waals surface area contributed by atoms with Crippen molar-refractivity contribution in [3.8, 4) is 5.75 Å². The highest BCUT2D eigenvalue weighted by molar-refractivity contribution is 9.10. The lowest BCUT2D eigenvalue weighted by Gasteiger charge is -2.08. The van der Waals surface area contributed by atoms with Crippen molar-refractivity contribution in [2.45, 2.75) is 58.8 Å². The molecule has 0 radical (unpaired) electrons. The van der Waals surface area contributed by atoms with E-state index in [1.807, 2.05) is 13.0 Å². The predicted octanol–water partition coefficient (Wildman–Crippen LogP) is 5.29. The van der Waals surface area contributed by atoms with E-state index < -0.39 is 0 Å². The van der Waals surface area contributed by atoms with E-state index in [9.17, 15) is 4.79 Å². The van der Waals surface area contributed by atoms with Gasteiger partial charge in [0.1, 0.15) is 11.8 Å². The molecule has 1 heterocycles. The molecule has 0 saturated carbocycles. The molecule has 6 heteroatoms. The number of hydrogen-bond acceptors (Lipinski definition) is 5. The smallest absolute Gasteiger partial charge is 0.285 e. The molecule has 0 fully saturated rings. The Morgan fingerprint density at radius 2 is 1.88 bits per heavy atom. The first-order valence-corrected chi connectivity index (χ1v) is 9.19. The quantitative estimate of drug-likeness (QED) is 0.328. The van der Waals surface area contributed by atoms with Gasteiger partial charge in [0.05, 0.1) is 6.42 Å². The van der Waals surface area contributed by atoms with E-state index in [1.165, 1.54) is 25.6 Å². The molecule has 24 heavy (non-hydrogen) atoms. The lowest BCUT2D eigenvalue weighted by Crippen LogP contribution is -2.08. The van der Waals surface area contributed by atoms with Crippen molar-refractivity contribution in [1.82, 2.24) is 9.97 Å². The maximum atomic E-state index is 11.8. The summed E-state index contributed by atoms with van der Waals surface area (Å²) in [4.78, 5) is 30.4. The number of fused-ring (bicyclic) bond motifs is 1. The molecule has 1 aromatic heterocycles. The molecule has 0 unspecified atom stereocenters. The largest absolute Gasteiger partial charge is 0.355 e. The summed E-state index contributed by atoms with van der Waals surface area (Å²) in [5.41, 5.74) is 1.46. The van der Waals surface area contributed by atoms with Crippen LogP contribution in [-0.2, 0) is 9.68 Å². The van der Waals surface area contributed by atoms with Crippen LogP contribution in [0.3, 0.4) is 0 Å². The van der Waals surface area contributed by atoms with Crippen molar-refractivity contribution in [3.05, 3.63) is 28.6 Å². The van der Waals surface area contributed by atoms with Gasteiger partial charge in [-0.1, -0.05) is 55.0 Å². The minimum atomic E-state index is -0.357. The second kappa shape index (κ2) is 9.57. The van der Waals surface area contributed by atoms with Gasteiger partial charge in [0.2, 0.25) is 5.75 Å². The molecule has 0 amide bonds. The molecule has 0 spiro atoms. The van der Waals surface area contributed by atoms with Gasteiger partial charge in [-0.05, 0) is 19.4 Å². The van der Waals surface area contributed by atoms with E-state index in [1.54, 1.807) is 6.07 Å². The lowest BCUT2D eigenvalue weighted by molar-refractivity contribution is -0.213. The SMILES string of the molecule is CCCCCCCCC(=O)OOc1cc(Br)cc2c(C)ncnc12. The summed E-state index contributed by atoms with van der Waals surface area (Å²) >= 11 is 3.42.